The Labute approximate surface area is 145 Å². The third-order valence-electron chi connectivity index (χ3n) is 4.47. The number of hydrogen-bond acceptors (Lipinski definition) is 5. The molecule has 1 saturated carbocycles. The van der Waals surface area contributed by atoms with Crippen LogP contribution in [0.4, 0.5) is 0 Å². The van der Waals surface area contributed by atoms with Crippen LogP contribution in [-0.2, 0) is 11.3 Å². The molecule has 0 bridgehead atoms. The third-order valence-corrected chi connectivity index (χ3v) is 5.55. The lowest BCUT2D eigenvalue weighted by Gasteiger charge is -2.34. The summed E-state index contributed by atoms with van der Waals surface area (Å²) in [7, 11) is 0. The van der Waals surface area contributed by atoms with Crippen LogP contribution in [0.25, 0.3) is 11.5 Å². The number of rotatable bonds is 5. The fourth-order valence-corrected chi connectivity index (χ4v) is 3.63. The van der Waals surface area contributed by atoms with Crippen LogP contribution in [0, 0.1) is 0 Å². The zero-order valence-electron chi connectivity index (χ0n) is 13.3. The van der Waals surface area contributed by atoms with Crippen molar-refractivity contribution < 1.29 is 4.52 Å². The molecule has 122 valence electrons. The van der Waals surface area contributed by atoms with E-state index in [0.717, 1.165) is 30.6 Å². The number of thioether (sulfide) groups is 1. The van der Waals surface area contributed by atoms with Gasteiger partial charge in [-0.25, -0.2) is 0 Å². The maximum absolute atomic E-state index is 6.25. The van der Waals surface area contributed by atoms with Crippen molar-refractivity contribution >= 4 is 11.8 Å². The first-order chi connectivity index (χ1) is 11.7. The molecule has 2 N–H and O–H groups in total. The third kappa shape index (κ3) is 3.09. The van der Waals surface area contributed by atoms with Gasteiger partial charge in [0.05, 0.1) is 5.54 Å². The summed E-state index contributed by atoms with van der Waals surface area (Å²) in [6, 6.07) is 18.7. The van der Waals surface area contributed by atoms with Crippen molar-refractivity contribution in [3.63, 3.8) is 0 Å². The van der Waals surface area contributed by atoms with E-state index in [-0.39, 0.29) is 5.54 Å². The second kappa shape index (κ2) is 6.42. The predicted molar refractivity (Wildman–Crippen MR) is 95.5 cm³/mol. The van der Waals surface area contributed by atoms with Crippen molar-refractivity contribution in [1.29, 1.82) is 0 Å². The average Bonchev–Trinajstić information content (AvgIpc) is 3.10. The summed E-state index contributed by atoms with van der Waals surface area (Å²) in [5, 5.41) is 4.07. The first kappa shape index (κ1) is 15.4. The number of nitrogens with two attached hydrogens (primary N) is 1. The van der Waals surface area contributed by atoms with Gasteiger partial charge in [0.1, 0.15) is 0 Å². The minimum absolute atomic E-state index is 0.381. The monoisotopic (exact) mass is 337 g/mol. The quantitative estimate of drug-likeness (QED) is 0.701. The van der Waals surface area contributed by atoms with E-state index in [0.29, 0.717) is 11.7 Å². The van der Waals surface area contributed by atoms with Crippen LogP contribution in [0.2, 0.25) is 0 Å². The molecule has 5 heteroatoms. The lowest BCUT2D eigenvalue weighted by atomic mass is 9.77. The summed E-state index contributed by atoms with van der Waals surface area (Å²) >= 11 is 1.83. The van der Waals surface area contributed by atoms with Crippen LogP contribution in [0.3, 0.4) is 0 Å². The summed E-state index contributed by atoms with van der Waals surface area (Å²) < 4.78 is 5.40. The van der Waals surface area contributed by atoms with Crippen molar-refractivity contribution in [2.24, 2.45) is 5.73 Å². The molecule has 4 nitrogen and oxygen atoms in total. The second-order valence-corrected chi connectivity index (χ2v) is 7.28. The Morgan fingerprint density at radius 3 is 2.46 bits per heavy atom. The molecule has 0 unspecified atom stereocenters. The van der Waals surface area contributed by atoms with E-state index >= 15 is 0 Å². The van der Waals surface area contributed by atoms with E-state index in [2.05, 4.69) is 46.5 Å². The second-order valence-electron chi connectivity index (χ2n) is 6.23. The lowest BCUT2D eigenvalue weighted by molar-refractivity contribution is 0.229. The zero-order valence-corrected chi connectivity index (χ0v) is 14.1. The van der Waals surface area contributed by atoms with Gasteiger partial charge in [0.15, 0.2) is 5.82 Å². The number of nitrogens with zero attached hydrogens (tertiary/aromatic N) is 2. The van der Waals surface area contributed by atoms with Crippen LogP contribution < -0.4 is 5.73 Å². The molecule has 1 aromatic heterocycles. The van der Waals surface area contributed by atoms with Gasteiger partial charge in [0.25, 0.3) is 5.89 Å². The molecular formula is C19H19N3OS. The Hall–Kier alpha value is -2.11. The lowest BCUT2D eigenvalue weighted by Crippen LogP contribution is -2.44. The summed E-state index contributed by atoms with van der Waals surface area (Å²) in [6.45, 7) is 0. The van der Waals surface area contributed by atoms with Crippen molar-refractivity contribution in [3.8, 4) is 11.5 Å². The number of aromatic nitrogens is 2. The van der Waals surface area contributed by atoms with Gasteiger partial charge in [-0.15, -0.1) is 11.8 Å². The van der Waals surface area contributed by atoms with Crippen LogP contribution in [0.5, 0.6) is 0 Å². The number of hydrogen-bond donors (Lipinski definition) is 1. The highest BCUT2D eigenvalue weighted by molar-refractivity contribution is 7.98. The minimum Gasteiger partial charge on any atom is -0.334 e. The largest absolute Gasteiger partial charge is 0.334 e. The molecule has 1 fully saturated rings. The van der Waals surface area contributed by atoms with Gasteiger partial charge in [-0.3, -0.25) is 0 Å². The fourth-order valence-electron chi connectivity index (χ4n) is 2.75. The smallest absolute Gasteiger partial charge is 0.257 e. The van der Waals surface area contributed by atoms with Gasteiger partial charge in [0.2, 0.25) is 0 Å². The first-order valence-electron chi connectivity index (χ1n) is 8.13. The molecule has 0 aliphatic heterocycles. The average molecular weight is 337 g/mol. The van der Waals surface area contributed by atoms with Crippen LogP contribution in [0.15, 0.2) is 64.0 Å². The minimum atomic E-state index is -0.381. The van der Waals surface area contributed by atoms with Crippen molar-refractivity contribution in [3.05, 3.63) is 66.0 Å². The Morgan fingerprint density at radius 2 is 1.79 bits per heavy atom. The van der Waals surface area contributed by atoms with Crippen molar-refractivity contribution in [1.82, 2.24) is 10.1 Å². The van der Waals surface area contributed by atoms with Gasteiger partial charge in [-0.2, -0.15) is 4.98 Å². The van der Waals surface area contributed by atoms with E-state index < -0.39 is 0 Å². The molecule has 4 rings (SSSR count). The van der Waals surface area contributed by atoms with E-state index in [1.165, 1.54) is 10.5 Å². The fraction of sp³-hybridized carbons (Fsp3) is 0.263. The highest BCUT2D eigenvalue weighted by Crippen LogP contribution is 2.37. The molecule has 1 aliphatic carbocycles. The Kier molecular flexibility index (Phi) is 4.12. The predicted octanol–water partition coefficient (Wildman–Crippen LogP) is 4.37. The first-order valence-corrected chi connectivity index (χ1v) is 9.12. The van der Waals surface area contributed by atoms with Crippen molar-refractivity contribution in [2.75, 3.05) is 0 Å². The topological polar surface area (TPSA) is 64.9 Å². The molecule has 0 amide bonds. The van der Waals surface area contributed by atoms with Gasteiger partial charge < -0.3 is 10.3 Å². The SMILES string of the molecule is NC1(c2noc(-c3ccc(CSc4ccccc4)cc3)n2)CCC1. The van der Waals surface area contributed by atoms with Crippen LogP contribution >= 0.6 is 11.8 Å². The molecule has 24 heavy (non-hydrogen) atoms. The molecule has 0 radical (unpaired) electrons. The maximum atomic E-state index is 6.25. The molecule has 3 aromatic rings. The normalized spacial score (nSPS) is 15.9. The summed E-state index contributed by atoms with van der Waals surface area (Å²) in [5.74, 6) is 2.11. The van der Waals surface area contributed by atoms with Gasteiger partial charge in [0, 0.05) is 16.2 Å². The van der Waals surface area contributed by atoms with Gasteiger partial charge >= 0.3 is 0 Å². The van der Waals surface area contributed by atoms with Crippen LogP contribution in [0.1, 0.15) is 30.7 Å². The Balaban J connectivity index is 1.44. The highest BCUT2D eigenvalue weighted by atomic mass is 32.2. The summed E-state index contributed by atoms with van der Waals surface area (Å²) in [5.41, 5.74) is 8.07. The summed E-state index contributed by atoms with van der Waals surface area (Å²) in [4.78, 5) is 5.76. The van der Waals surface area contributed by atoms with Crippen molar-refractivity contribution in [2.45, 2.75) is 35.4 Å². The molecule has 0 atom stereocenters. The number of benzene rings is 2. The summed E-state index contributed by atoms with van der Waals surface area (Å²) in [6.07, 6.45) is 3.00. The van der Waals surface area contributed by atoms with E-state index in [1.807, 2.05) is 30.0 Å². The van der Waals surface area contributed by atoms with E-state index in [4.69, 9.17) is 10.3 Å². The Bertz CT molecular complexity index is 810. The standard InChI is InChI=1S/C19H19N3OS/c20-19(11-4-12-19)18-21-17(23-22-18)15-9-7-14(8-10-15)13-24-16-5-2-1-3-6-16/h1-3,5-10H,4,11-13,20H2. The van der Waals surface area contributed by atoms with Crippen LogP contribution in [-0.4, -0.2) is 10.1 Å². The van der Waals surface area contributed by atoms with Gasteiger partial charge in [-0.05, 0) is 49.1 Å². The van der Waals surface area contributed by atoms with Gasteiger partial charge in [-0.1, -0.05) is 35.5 Å². The Morgan fingerprint density at radius 1 is 1.04 bits per heavy atom. The van der Waals surface area contributed by atoms with E-state index in [1.54, 1.807) is 0 Å². The maximum Gasteiger partial charge on any atom is 0.257 e. The molecular weight excluding hydrogens is 318 g/mol. The zero-order chi connectivity index (χ0) is 16.4. The molecule has 1 aliphatic rings. The molecule has 1 heterocycles. The molecule has 2 aromatic carbocycles. The highest BCUT2D eigenvalue weighted by Gasteiger charge is 2.39. The molecule has 0 spiro atoms. The van der Waals surface area contributed by atoms with E-state index in [9.17, 15) is 0 Å². The molecule has 0 saturated heterocycles.